The van der Waals surface area contributed by atoms with Gasteiger partial charge in [-0.3, -0.25) is 0 Å². The largest absolute Gasteiger partial charge is 0.316 e. The van der Waals surface area contributed by atoms with Gasteiger partial charge in [-0.2, -0.15) is 0 Å². The molecule has 2 atom stereocenters. The summed E-state index contributed by atoms with van der Waals surface area (Å²) in [5, 5.41) is 3.29. The highest BCUT2D eigenvalue weighted by Crippen LogP contribution is 2.36. The molecule has 94 valence electrons. The quantitative estimate of drug-likeness (QED) is 0.895. The molecule has 17 heavy (non-hydrogen) atoms. The average molecular weight is 253 g/mol. The predicted octanol–water partition coefficient (Wildman–Crippen LogP) is 1.95. The number of benzene rings is 1. The van der Waals surface area contributed by atoms with Gasteiger partial charge in [0.2, 0.25) is 0 Å². The molecule has 2 rings (SSSR count). The van der Waals surface area contributed by atoms with Crippen molar-refractivity contribution < 1.29 is 8.42 Å². The predicted molar refractivity (Wildman–Crippen MR) is 69.0 cm³/mol. The Hall–Kier alpha value is -0.870. The first-order valence-corrected chi connectivity index (χ1v) is 7.74. The summed E-state index contributed by atoms with van der Waals surface area (Å²) in [5.74, 6) is 0.581. The molecular formula is C13H19NO2S. The zero-order valence-electron chi connectivity index (χ0n) is 10.3. The van der Waals surface area contributed by atoms with E-state index in [-0.39, 0.29) is 5.75 Å². The van der Waals surface area contributed by atoms with Gasteiger partial charge in [0.25, 0.3) is 0 Å². The van der Waals surface area contributed by atoms with Crippen molar-refractivity contribution in [3.8, 4) is 0 Å². The van der Waals surface area contributed by atoms with Crippen molar-refractivity contribution in [3.63, 3.8) is 0 Å². The van der Waals surface area contributed by atoms with E-state index in [0.717, 1.165) is 18.4 Å². The average Bonchev–Trinajstić information content (AvgIpc) is 2.34. The second-order valence-corrected chi connectivity index (χ2v) is 6.63. The van der Waals surface area contributed by atoms with Crippen LogP contribution in [0.5, 0.6) is 0 Å². The van der Waals surface area contributed by atoms with Gasteiger partial charge < -0.3 is 5.32 Å². The molecule has 1 aromatic carbocycles. The van der Waals surface area contributed by atoms with Crippen molar-refractivity contribution in [3.05, 3.63) is 29.8 Å². The Morgan fingerprint density at radius 1 is 1.41 bits per heavy atom. The first-order valence-electron chi connectivity index (χ1n) is 6.09. The van der Waals surface area contributed by atoms with E-state index < -0.39 is 9.84 Å². The molecule has 0 saturated heterocycles. The van der Waals surface area contributed by atoms with Crippen LogP contribution in [0.25, 0.3) is 0 Å². The molecule has 0 amide bonds. The minimum Gasteiger partial charge on any atom is -0.316 e. The number of nitrogens with one attached hydrogen (secondary N) is 1. The van der Waals surface area contributed by atoms with Gasteiger partial charge >= 0.3 is 0 Å². The molecule has 0 saturated carbocycles. The second kappa shape index (κ2) is 4.78. The Kier molecular flexibility index (Phi) is 3.54. The summed E-state index contributed by atoms with van der Waals surface area (Å²) in [6, 6.07) is 7.77. The highest BCUT2D eigenvalue weighted by atomic mass is 32.2. The first kappa shape index (κ1) is 12.6. The summed E-state index contributed by atoms with van der Waals surface area (Å²) in [6.45, 7) is 2.13. The number of rotatable bonds is 3. The Morgan fingerprint density at radius 3 is 2.76 bits per heavy atom. The molecule has 0 aliphatic carbocycles. The minimum atomic E-state index is -3.05. The maximum atomic E-state index is 12.0. The van der Waals surface area contributed by atoms with Gasteiger partial charge in [0.15, 0.2) is 9.84 Å². The third kappa shape index (κ3) is 2.24. The van der Waals surface area contributed by atoms with E-state index in [0.29, 0.717) is 16.9 Å². The molecule has 0 aromatic heterocycles. The van der Waals surface area contributed by atoms with Gasteiger partial charge in [-0.05, 0) is 31.5 Å². The van der Waals surface area contributed by atoms with Crippen molar-refractivity contribution in [2.24, 2.45) is 0 Å². The normalized spacial score (nSPS) is 24.0. The van der Waals surface area contributed by atoms with E-state index in [1.807, 2.05) is 19.2 Å². The molecule has 1 heterocycles. The molecule has 0 bridgehead atoms. The van der Waals surface area contributed by atoms with E-state index >= 15 is 0 Å². The third-order valence-electron chi connectivity index (χ3n) is 3.65. The monoisotopic (exact) mass is 253 g/mol. The molecule has 4 heteroatoms. The summed E-state index contributed by atoms with van der Waals surface area (Å²) < 4.78 is 24.0. The maximum Gasteiger partial charge on any atom is 0.178 e. The Balaban J connectivity index is 2.48. The smallest absolute Gasteiger partial charge is 0.178 e. The Labute approximate surface area is 103 Å². The molecule has 0 radical (unpaired) electrons. The summed E-state index contributed by atoms with van der Waals surface area (Å²) >= 11 is 0. The van der Waals surface area contributed by atoms with Crippen molar-refractivity contribution in [2.75, 3.05) is 12.8 Å². The van der Waals surface area contributed by atoms with Crippen LogP contribution in [0, 0.1) is 0 Å². The lowest BCUT2D eigenvalue weighted by molar-refractivity contribution is 0.427. The van der Waals surface area contributed by atoms with Crippen LogP contribution in [-0.4, -0.2) is 27.3 Å². The molecule has 2 unspecified atom stereocenters. The lowest BCUT2D eigenvalue weighted by Gasteiger charge is -2.31. The summed E-state index contributed by atoms with van der Waals surface area (Å²) in [6.07, 6.45) is 1.73. The molecule has 1 aliphatic heterocycles. The van der Waals surface area contributed by atoms with Crippen molar-refractivity contribution in [1.29, 1.82) is 0 Å². The van der Waals surface area contributed by atoms with Crippen LogP contribution in [0.4, 0.5) is 0 Å². The van der Waals surface area contributed by atoms with E-state index in [9.17, 15) is 8.42 Å². The van der Waals surface area contributed by atoms with Gasteiger partial charge in [-0.1, -0.05) is 25.1 Å². The number of hydrogen-bond acceptors (Lipinski definition) is 3. The fraction of sp³-hybridized carbons (Fsp3) is 0.538. The fourth-order valence-corrected chi connectivity index (χ4v) is 4.37. The zero-order valence-corrected chi connectivity index (χ0v) is 11.1. The number of fused-ring (bicyclic) bond motifs is 1. The van der Waals surface area contributed by atoms with E-state index in [1.165, 1.54) is 0 Å². The number of likely N-dealkylation sites (N-methyl/N-ethyl adjacent to an activating group) is 1. The summed E-state index contributed by atoms with van der Waals surface area (Å²) in [4.78, 5) is 0.532. The van der Waals surface area contributed by atoms with Crippen molar-refractivity contribution in [1.82, 2.24) is 5.32 Å². The Morgan fingerprint density at radius 2 is 2.12 bits per heavy atom. The lowest BCUT2D eigenvalue weighted by atomic mass is 9.87. The van der Waals surface area contributed by atoms with Crippen LogP contribution in [-0.2, 0) is 9.84 Å². The SMILES string of the molecule is CCC(NC)C1CCS(=O)(=O)c2ccccc21. The second-order valence-electron chi connectivity index (χ2n) is 4.56. The van der Waals surface area contributed by atoms with Gasteiger partial charge in [-0.25, -0.2) is 8.42 Å². The fourth-order valence-electron chi connectivity index (χ4n) is 2.73. The zero-order chi connectivity index (χ0) is 12.5. The van der Waals surface area contributed by atoms with Gasteiger partial charge in [0.1, 0.15) is 0 Å². The van der Waals surface area contributed by atoms with Gasteiger partial charge in [0.05, 0.1) is 10.6 Å². The number of sulfone groups is 1. The highest BCUT2D eigenvalue weighted by molar-refractivity contribution is 7.91. The van der Waals surface area contributed by atoms with Crippen LogP contribution in [0.3, 0.4) is 0 Å². The van der Waals surface area contributed by atoms with E-state index in [2.05, 4.69) is 12.2 Å². The molecule has 3 nitrogen and oxygen atoms in total. The summed E-state index contributed by atoms with van der Waals surface area (Å²) in [5.41, 5.74) is 0.986. The minimum absolute atomic E-state index is 0.271. The summed E-state index contributed by atoms with van der Waals surface area (Å²) in [7, 11) is -1.11. The molecule has 1 N–H and O–H groups in total. The molecule has 0 spiro atoms. The standard InChI is InChI=1S/C13H19NO2S/c1-3-12(14-2)10-8-9-17(15,16)13-7-5-4-6-11(10)13/h4-7,10,12,14H,3,8-9H2,1-2H3. The first-order chi connectivity index (χ1) is 8.10. The molecule has 1 aliphatic rings. The molecular weight excluding hydrogens is 234 g/mol. The van der Waals surface area contributed by atoms with E-state index in [1.54, 1.807) is 12.1 Å². The molecule has 0 fully saturated rings. The van der Waals surface area contributed by atoms with Gasteiger partial charge in [0, 0.05) is 12.0 Å². The van der Waals surface area contributed by atoms with E-state index in [4.69, 9.17) is 0 Å². The van der Waals surface area contributed by atoms with Crippen molar-refractivity contribution >= 4 is 9.84 Å². The van der Waals surface area contributed by atoms with Crippen molar-refractivity contribution in [2.45, 2.75) is 36.6 Å². The number of hydrogen-bond donors (Lipinski definition) is 1. The van der Waals surface area contributed by atoms with Gasteiger partial charge in [-0.15, -0.1) is 0 Å². The van der Waals surface area contributed by atoms with Crippen LogP contribution in [0.2, 0.25) is 0 Å². The lowest BCUT2D eigenvalue weighted by Crippen LogP contribution is -2.35. The third-order valence-corrected chi connectivity index (χ3v) is 5.46. The maximum absolute atomic E-state index is 12.0. The molecule has 1 aromatic rings. The van der Waals surface area contributed by atoms with Crippen LogP contribution < -0.4 is 5.32 Å². The topological polar surface area (TPSA) is 46.2 Å². The highest BCUT2D eigenvalue weighted by Gasteiger charge is 2.33. The Bertz CT molecular complexity index is 492. The van der Waals surface area contributed by atoms with Crippen LogP contribution in [0.15, 0.2) is 29.2 Å². The van der Waals surface area contributed by atoms with Crippen LogP contribution >= 0.6 is 0 Å². The van der Waals surface area contributed by atoms with Crippen LogP contribution in [0.1, 0.15) is 31.2 Å².